The topological polar surface area (TPSA) is 116 Å². The molecule has 322 valence electrons. The van der Waals surface area contributed by atoms with E-state index in [9.17, 15) is 0 Å². The zero-order valence-corrected chi connectivity index (χ0v) is 37.0. The van der Waals surface area contributed by atoms with Gasteiger partial charge in [-0.05, 0) is 109 Å². The number of allylic oxidation sites excluding steroid dienone is 6. The SMILES string of the molecule is C/C=C\c1c(N)c2ncccc2n1C1C=CC=C(n2c3ccccc3c3cc(-c4ccc5c(c4)c4ccccc4n5C/N=C(\C=C(/N)c4ccccc4)c4ccccc4)ccc32)C1.CC=N. The predicted octanol–water partition coefficient (Wildman–Crippen LogP) is 13.7. The molecule has 0 radical (unpaired) electrons. The summed E-state index contributed by atoms with van der Waals surface area (Å²) in [7, 11) is 0. The van der Waals surface area contributed by atoms with Crippen molar-refractivity contribution in [1.29, 1.82) is 5.41 Å². The molecule has 1 unspecified atom stereocenters. The molecule has 0 aliphatic heterocycles. The monoisotopic (exact) mass is 858 g/mol. The van der Waals surface area contributed by atoms with Crippen LogP contribution in [0.2, 0.25) is 0 Å². The number of nitrogen functional groups attached to an aromatic ring is 1. The summed E-state index contributed by atoms with van der Waals surface area (Å²) in [6.07, 6.45) is 16.7. The van der Waals surface area contributed by atoms with E-state index in [-0.39, 0.29) is 6.04 Å². The molecule has 0 spiro atoms. The first-order chi connectivity index (χ1) is 32.5. The van der Waals surface area contributed by atoms with Crippen molar-refractivity contribution in [3.63, 3.8) is 0 Å². The van der Waals surface area contributed by atoms with Crippen LogP contribution in [0.4, 0.5) is 5.69 Å². The smallest absolute Gasteiger partial charge is 0.115 e. The fourth-order valence-electron chi connectivity index (χ4n) is 9.54. The van der Waals surface area contributed by atoms with Gasteiger partial charge >= 0.3 is 0 Å². The molecule has 4 aromatic heterocycles. The lowest BCUT2D eigenvalue weighted by Gasteiger charge is -2.24. The van der Waals surface area contributed by atoms with Gasteiger partial charge in [0.2, 0.25) is 0 Å². The van der Waals surface area contributed by atoms with Gasteiger partial charge in [-0.25, -0.2) is 0 Å². The standard InChI is InChI=1S/C56H45N7.C2H5N/c1-2-15-53-55(58)56-54(26-14-31-59-56)63(53)42-21-13-20-41(34-42)62-51-25-12-10-23-44(51)46-33-40(28-30-52(46)62)39-27-29-50-45(32-39)43-22-9-11-24-49(43)61(50)36-60-48(38-18-7-4-8-19-38)35-47(57)37-16-5-3-6-17-37;1-2-3/h2-33,35,42H,34,36,57-58H2,1H3;2-3H,1H3/b15-2-,47-35-,60-48+;. The number of nitrogens with one attached hydrogen (secondary N) is 1. The lowest BCUT2D eigenvalue weighted by atomic mass is 10.0. The molecular weight excluding hydrogens is 809 g/mol. The van der Waals surface area contributed by atoms with Gasteiger partial charge in [0.15, 0.2) is 0 Å². The van der Waals surface area contributed by atoms with Crippen molar-refractivity contribution >= 4 is 89.7 Å². The summed E-state index contributed by atoms with van der Waals surface area (Å²) in [5, 5.41) is 10.9. The highest BCUT2D eigenvalue weighted by Crippen LogP contribution is 2.41. The van der Waals surface area contributed by atoms with E-state index >= 15 is 0 Å². The second-order valence-corrected chi connectivity index (χ2v) is 16.4. The van der Waals surface area contributed by atoms with Crippen molar-refractivity contribution in [1.82, 2.24) is 18.7 Å². The second kappa shape index (κ2) is 17.9. The Bertz CT molecular complexity index is 3600. The van der Waals surface area contributed by atoms with Gasteiger partial charge in [0.1, 0.15) is 12.2 Å². The van der Waals surface area contributed by atoms with Crippen LogP contribution in [-0.4, -0.2) is 30.6 Å². The number of benzene rings is 6. The summed E-state index contributed by atoms with van der Waals surface area (Å²) in [4.78, 5) is 9.90. The molecule has 0 bridgehead atoms. The van der Waals surface area contributed by atoms with Gasteiger partial charge < -0.3 is 30.6 Å². The van der Waals surface area contributed by atoms with Crippen molar-refractivity contribution in [3.8, 4) is 11.1 Å². The molecule has 1 atom stereocenters. The first kappa shape index (κ1) is 41.5. The highest BCUT2D eigenvalue weighted by molar-refractivity contribution is 6.14. The minimum Gasteiger partial charge on any atom is -0.398 e. The third-order valence-corrected chi connectivity index (χ3v) is 12.4. The molecule has 0 saturated heterocycles. The maximum absolute atomic E-state index is 6.72. The summed E-state index contributed by atoms with van der Waals surface area (Å²) in [5.74, 6) is 0. The van der Waals surface area contributed by atoms with Crippen molar-refractivity contribution in [2.24, 2.45) is 10.7 Å². The summed E-state index contributed by atoms with van der Waals surface area (Å²) >= 11 is 0. The molecular formula is C58H50N8. The first-order valence-electron chi connectivity index (χ1n) is 22.3. The van der Waals surface area contributed by atoms with Crippen LogP contribution < -0.4 is 11.5 Å². The fraction of sp³-hybridized carbons (Fsp3) is 0.0862. The molecule has 11 rings (SSSR count). The maximum Gasteiger partial charge on any atom is 0.115 e. The zero-order valence-electron chi connectivity index (χ0n) is 37.0. The van der Waals surface area contributed by atoms with Crippen molar-refractivity contribution in [2.75, 3.05) is 5.73 Å². The Hall–Kier alpha value is -8.49. The van der Waals surface area contributed by atoms with Gasteiger partial charge in [0.05, 0.1) is 50.7 Å². The number of hydrogen-bond donors (Lipinski definition) is 3. The molecule has 4 heterocycles. The second-order valence-electron chi connectivity index (χ2n) is 16.4. The number of para-hydroxylation sites is 2. The minimum atomic E-state index is 0.0593. The average molecular weight is 859 g/mol. The fourth-order valence-corrected chi connectivity index (χ4v) is 9.54. The van der Waals surface area contributed by atoms with Crippen molar-refractivity contribution in [3.05, 3.63) is 211 Å². The van der Waals surface area contributed by atoms with Crippen LogP contribution in [0.3, 0.4) is 0 Å². The van der Waals surface area contributed by atoms with Crippen molar-refractivity contribution in [2.45, 2.75) is 33.0 Å². The number of hydrogen-bond acceptors (Lipinski definition) is 5. The zero-order chi connectivity index (χ0) is 45.1. The molecule has 6 aromatic carbocycles. The van der Waals surface area contributed by atoms with Crippen molar-refractivity contribution < 1.29 is 0 Å². The molecule has 1 aliphatic carbocycles. The van der Waals surface area contributed by atoms with Crippen LogP contribution in [0.25, 0.3) is 83.2 Å². The number of aromatic nitrogens is 4. The summed E-state index contributed by atoms with van der Waals surface area (Å²) < 4.78 is 7.09. The van der Waals surface area contributed by atoms with E-state index in [4.69, 9.17) is 21.9 Å². The van der Waals surface area contributed by atoms with E-state index in [1.165, 1.54) is 55.6 Å². The van der Waals surface area contributed by atoms with Gasteiger partial charge in [0, 0.05) is 45.6 Å². The van der Waals surface area contributed by atoms with E-state index < -0.39 is 0 Å². The number of aliphatic imine (C=N–C) groups is 1. The highest BCUT2D eigenvalue weighted by Gasteiger charge is 2.24. The van der Waals surface area contributed by atoms with E-state index in [0.717, 1.165) is 51.0 Å². The maximum atomic E-state index is 6.72. The van der Waals surface area contributed by atoms with Crippen LogP contribution >= 0.6 is 0 Å². The van der Waals surface area contributed by atoms with E-state index in [2.05, 4.69) is 146 Å². The Kier molecular flexibility index (Phi) is 11.3. The Labute approximate surface area is 384 Å². The normalized spacial score (nSPS) is 14.4. The summed E-state index contributed by atoms with van der Waals surface area (Å²) in [5.41, 5.74) is 28.6. The van der Waals surface area contributed by atoms with Gasteiger partial charge in [0.25, 0.3) is 0 Å². The van der Waals surface area contributed by atoms with E-state index in [1.807, 2.05) is 79.9 Å². The molecule has 0 saturated carbocycles. The largest absolute Gasteiger partial charge is 0.398 e. The number of anilines is 1. The number of pyridine rings is 1. The third-order valence-electron chi connectivity index (χ3n) is 12.4. The first-order valence-corrected chi connectivity index (χ1v) is 22.3. The molecule has 0 fully saturated rings. The van der Waals surface area contributed by atoms with Crippen LogP contribution in [0.15, 0.2) is 199 Å². The van der Waals surface area contributed by atoms with Crippen LogP contribution in [0.1, 0.15) is 43.1 Å². The highest BCUT2D eigenvalue weighted by atomic mass is 15.1. The number of rotatable bonds is 9. The quantitative estimate of drug-likeness (QED) is 0.126. The van der Waals surface area contributed by atoms with Crippen LogP contribution in [0.5, 0.6) is 0 Å². The Morgan fingerprint density at radius 1 is 0.697 bits per heavy atom. The Morgan fingerprint density at radius 3 is 1.98 bits per heavy atom. The Balaban J connectivity index is 0.00000166. The lowest BCUT2D eigenvalue weighted by molar-refractivity contribution is 0.624. The van der Waals surface area contributed by atoms with Crippen LogP contribution in [0, 0.1) is 5.41 Å². The van der Waals surface area contributed by atoms with Gasteiger partial charge in [-0.3, -0.25) is 9.98 Å². The van der Waals surface area contributed by atoms with E-state index in [1.54, 1.807) is 6.92 Å². The number of nitrogens with two attached hydrogens (primary N) is 2. The molecule has 0 amide bonds. The van der Waals surface area contributed by atoms with Crippen LogP contribution in [-0.2, 0) is 6.67 Å². The summed E-state index contributed by atoms with van der Waals surface area (Å²) in [6.45, 7) is 4.13. The Morgan fingerprint density at radius 2 is 1.27 bits per heavy atom. The molecule has 1 aliphatic rings. The summed E-state index contributed by atoms with van der Waals surface area (Å²) in [6, 6.07) is 55.6. The number of nitrogens with zero attached hydrogens (tertiary/aromatic N) is 5. The van der Waals surface area contributed by atoms with E-state index in [0.29, 0.717) is 18.1 Å². The molecule has 66 heavy (non-hydrogen) atoms. The molecule has 10 aromatic rings. The molecule has 8 nitrogen and oxygen atoms in total. The predicted molar refractivity (Wildman–Crippen MR) is 280 cm³/mol. The van der Waals surface area contributed by atoms with Gasteiger partial charge in [-0.1, -0.05) is 127 Å². The van der Waals surface area contributed by atoms with Gasteiger partial charge in [-0.2, -0.15) is 0 Å². The molecule has 8 heteroatoms. The molecule has 5 N–H and O–H groups in total. The van der Waals surface area contributed by atoms with Gasteiger partial charge in [-0.15, -0.1) is 0 Å². The third kappa shape index (κ3) is 7.48. The lowest BCUT2D eigenvalue weighted by Crippen LogP contribution is -2.13. The minimum absolute atomic E-state index is 0.0593. The number of fused-ring (bicyclic) bond motifs is 7. The average Bonchev–Trinajstić information content (AvgIpc) is 3.97.